The summed E-state index contributed by atoms with van der Waals surface area (Å²) in [4.78, 5) is 57.2. The molecule has 3 rings (SSSR count). The van der Waals surface area contributed by atoms with E-state index < -0.39 is 96.8 Å². The Kier molecular flexibility index (Phi) is 8.36. The smallest absolute Gasteiger partial charge is 0.364 e. The lowest BCUT2D eigenvalue weighted by Crippen LogP contribution is -2.71. The molecule has 4 atom stereocenters. The highest BCUT2D eigenvalue weighted by atomic mass is 19.2. The van der Waals surface area contributed by atoms with Crippen LogP contribution in [0.15, 0.2) is 12.1 Å². The Morgan fingerprint density at radius 3 is 2.34 bits per heavy atom. The van der Waals surface area contributed by atoms with Crippen LogP contribution in [-0.4, -0.2) is 93.2 Å². The average Bonchev–Trinajstić information content (AvgIpc) is 2.82. The highest BCUT2D eigenvalue weighted by molar-refractivity contribution is 5.96. The van der Waals surface area contributed by atoms with Crippen molar-refractivity contribution in [1.82, 2.24) is 9.96 Å². The molecule has 0 aromatic heterocycles. The molecule has 1 aromatic carbocycles. The van der Waals surface area contributed by atoms with Gasteiger partial charge in [-0.25, -0.2) is 22.8 Å². The monoisotopic (exact) mass is 547 g/mol. The minimum absolute atomic E-state index is 0.297. The number of hydroxylamine groups is 2. The lowest BCUT2D eigenvalue weighted by Gasteiger charge is -2.47. The van der Waals surface area contributed by atoms with Crippen molar-refractivity contribution in [1.29, 1.82) is 0 Å². The van der Waals surface area contributed by atoms with Crippen LogP contribution >= 0.6 is 0 Å². The number of esters is 1. The predicted molar refractivity (Wildman–Crippen MR) is 119 cm³/mol. The molecule has 0 spiro atoms. The molecule has 2 aliphatic rings. The molecule has 4 N–H and O–H groups in total. The zero-order valence-corrected chi connectivity index (χ0v) is 20.8. The van der Waals surface area contributed by atoms with E-state index in [1.165, 1.54) is 0 Å². The van der Waals surface area contributed by atoms with Crippen LogP contribution < -0.4 is 5.73 Å². The molecule has 2 saturated heterocycles. The number of ether oxygens (including phenoxy) is 2. The summed E-state index contributed by atoms with van der Waals surface area (Å²) < 4.78 is 51.8. The Morgan fingerprint density at radius 1 is 1.11 bits per heavy atom. The quantitative estimate of drug-likeness (QED) is 0.305. The van der Waals surface area contributed by atoms with E-state index in [2.05, 4.69) is 0 Å². The Hall–Kier alpha value is -3.27. The lowest BCUT2D eigenvalue weighted by molar-refractivity contribution is -0.253. The zero-order chi connectivity index (χ0) is 28.6. The first kappa shape index (κ1) is 29.3. The SMILES string of the molecule is CC(C)(C)OC[C@]12OC(=O)C(O)C(O)C(=O)ON(CCN1C(=O)C[C@H](N)Cc1cc(F)c(F)cc1F)C2=O. The Morgan fingerprint density at radius 2 is 1.71 bits per heavy atom. The third-order valence-electron chi connectivity index (χ3n) is 5.79. The number of carbonyl (C=O) groups is 4. The number of nitrogens with zero attached hydrogens (tertiary/aromatic N) is 2. The van der Waals surface area contributed by atoms with E-state index in [9.17, 15) is 42.6 Å². The van der Waals surface area contributed by atoms with E-state index in [1.54, 1.807) is 20.8 Å². The largest absolute Gasteiger partial charge is 0.424 e. The molecule has 210 valence electrons. The van der Waals surface area contributed by atoms with Crippen LogP contribution in [0.2, 0.25) is 0 Å². The van der Waals surface area contributed by atoms with Crippen molar-refractivity contribution in [2.24, 2.45) is 5.73 Å². The van der Waals surface area contributed by atoms with E-state index in [0.717, 1.165) is 4.90 Å². The molecule has 2 heterocycles. The van der Waals surface area contributed by atoms with Crippen LogP contribution in [0.1, 0.15) is 32.8 Å². The molecule has 0 radical (unpaired) electrons. The minimum atomic E-state index is -2.59. The number of fused-ring (bicyclic) bond motifs is 2. The topological polar surface area (TPSA) is 169 Å². The molecule has 1 aromatic rings. The lowest BCUT2D eigenvalue weighted by atomic mass is 10.0. The van der Waals surface area contributed by atoms with Gasteiger partial charge in [0, 0.05) is 25.1 Å². The Labute approximate surface area is 215 Å². The molecule has 15 heteroatoms. The molecule has 0 saturated carbocycles. The van der Waals surface area contributed by atoms with Gasteiger partial charge in [0.25, 0.3) is 5.72 Å². The molecule has 2 fully saturated rings. The van der Waals surface area contributed by atoms with Crippen molar-refractivity contribution in [3.05, 3.63) is 35.1 Å². The number of piperazine rings is 1. The number of hydrogen-bond acceptors (Lipinski definition) is 10. The number of halogens is 3. The second-order valence-corrected chi connectivity index (χ2v) is 9.89. The summed E-state index contributed by atoms with van der Waals surface area (Å²) in [7, 11) is 0. The van der Waals surface area contributed by atoms with Gasteiger partial charge in [-0.05, 0) is 38.8 Å². The van der Waals surface area contributed by atoms with Crippen LogP contribution in [0.5, 0.6) is 0 Å². The first-order chi connectivity index (χ1) is 17.6. The summed E-state index contributed by atoms with van der Waals surface area (Å²) in [5, 5.41) is 20.5. The van der Waals surface area contributed by atoms with Crippen LogP contribution in [0.3, 0.4) is 0 Å². The van der Waals surface area contributed by atoms with Gasteiger partial charge in [-0.1, -0.05) is 0 Å². The van der Waals surface area contributed by atoms with Crippen LogP contribution in [-0.2, 0) is 39.9 Å². The van der Waals surface area contributed by atoms with Gasteiger partial charge in [-0.2, -0.15) is 5.06 Å². The standard InChI is InChI=1S/C23H28F3N3O9/c1-22(2,3)36-10-23-21(35)29(38-20(34)18(32)17(31)19(33)37-23)5-4-28(23)16(30)8-12(27)6-11-7-14(25)15(26)9-13(11)24/h7,9,12,17-18,31-32H,4-6,8,10,27H2,1-3H3/t12-,17?,18?,23-/m1/s1. The summed E-state index contributed by atoms with van der Waals surface area (Å²) in [6.07, 6.45) is -5.82. The fourth-order valence-corrected chi connectivity index (χ4v) is 3.84. The van der Waals surface area contributed by atoms with E-state index in [4.69, 9.17) is 20.0 Å². The number of aliphatic hydroxyl groups excluding tert-OH is 2. The van der Waals surface area contributed by atoms with Gasteiger partial charge in [0.05, 0.1) is 12.1 Å². The van der Waals surface area contributed by atoms with Crippen molar-refractivity contribution in [3.63, 3.8) is 0 Å². The van der Waals surface area contributed by atoms with E-state index in [1.807, 2.05) is 0 Å². The summed E-state index contributed by atoms with van der Waals surface area (Å²) in [6.45, 7) is 3.24. The third-order valence-corrected chi connectivity index (χ3v) is 5.79. The second kappa shape index (κ2) is 10.8. The zero-order valence-electron chi connectivity index (χ0n) is 20.8. The maximum absolute atomic E-state index is 14.1. The van der Waals surface area contributed by atoms with Gasteiger partial charge in [-0.3, -0.25) is 14.5 Å². The van der Waals surface area contributed by atoms with E-state index in [-0.39, 0.29) is 12.1 Å². The molecule has 0 aliphatic carbocycles. The third kappa shape index (κ3) is 6.06. The summed E-state index contributed by atoms with van der Waals surface area (Å²) in [6, 6.07) is -0.210. The average molecular weight is 547 g/mol. The van der Waals surface area contributed by atoms with Gasteiger partial charge in [0.15, 0.2) is 23.8 Å². The molecule has 2 bridgehead atoms. The first-order valence-electron chi connectivity index (χ1n) is 11.5. The van der Waals surface area contributed by atoms with Crippen LogP contribution in [0.4, 0.5) is 13.2 Å². The fraction of sp³-hybridized carbons (Fsp3) is 0.565. The number of nitrogens with two attached hydrogens (primary N) is 1. The van der Waals surface area contributed by atoms with E-state index in [0.29, 0.717) is 17.2 Å². The van der Waals surface area contributed by atoms with Gasteiger partial charge in [0.2, 0.25) is 5.91 Å². The number of hydrogen-bond donors (Lipinski definition) is 3. The number of carbonyl (C=O) groups excluding carboxylic acids is 4. The van der Waals surface area contributed by atoms with Crippen molar-refractivity contribution in [3.8, 4) is 0 Å². The normalized spacial score (nSPS) is 25.2. The number of aliphatic hydroxyl groups is 2. The Bertz CT molecular complexity index is 1130. The molecule has 2 aliphatic heterocycles. The number of benzene rings is 1. The molecule has 2 amide bonds. The van der Waals surface area contributed by atoms with Crippen molar-refractivity contribution < 1.29 is 56.9 Å². The maximum Gasteiger partial charge on any atom is 0.364 e. The van der Waals surface area contributed by atoms with E-state index >= 15 is 0 Å². The number of rotatable bonds is 6. The molecule has 12 nitrogen and oxygen atoms in total. The highest BCUT2D eigenvalue weighted by Gasteiger charge is 2.59. The van der Waals surface area contributed by atoms with Gasteiger partial charge >= 0.3 is 17.8 Å². The van der Waals surface area contributed by atoms with Crippen molar-refractivity contribution in [2.75, 3.05) is 19.7 Å². The number of amides is 2. The van der Waals surface area contributed by atoms with Gasteiger partial charge < -0.3 is 30.3 Å². The van der Waals surface area contributed by atoms with Crippen LogP contribution in [0.25, 0.3) is 0 Å². The predicted octanol–water partition coefficient (Wildman–Crippen LogP) is -0.717. The summed E-state index contributed by atoms with van der Waals surface area (Å²) in [5.41, 5.74) is 2.16. The molecular weight excluding hydrogens is 519 g/mol. The summed E-state index contributed by atoms with van der Waals surface area (Å²) in [5.74, 6) is -9.02. The van der Waals surface area contributed by atoms with Crippen molar-refractivity contribution >= 4 is 23.8 Å². The molecular formula is C23H28F3N3O9. The Balaban J connectivity index is 1.94. The molecule has 38 heavy (non-hydrogen) atoms. The van der Waals surface area contributed by atoms with Crippen molar-refractivity contribution in [2.45, 2.75) is 63.2 Å². The van der Waals surface area contributed by atoms with Crippen LogP contribution in [0, 0.1) is 17.5 Å². The van der Waals surface area contributed by atoms with Gasteiger partial charge in [0.1, 0.15) is 12.4 Å². The molecule has 2 unspecified atom stereocenters. The minimum Gasteiger partial charge on any atom is -0.424 e. The van der Waals surface area contributed by atoms with Gasteiger partial charge in [-0.15, -0.1) is 0 Å². The summed E-state index contributed by atoms with van der Waals surface area (Å²) >= 11 is 0. The fourth-order valence-electron chi connectivity index (χ4n) is 3.84. The second-order valence-electron chi connectivity index (χ2n) is 9.89. The first-order valence-corrected chi connectivity index (χ1v) is 11.5. The maximum atomic E-state index is 14.1. The highest BCUT2D eigenvalue weighted by Crippen LogP contribution is 2.31.